The smallest absolute Gasteiger partial charge is 0.119 e. The number of unbranched alkanes of at least 4 members (excludes halogenated alkanes) is 3. The van der Waals surface area contributed by atoms with Gasteiger partial charge in [0.15, 0.2) is 0 Å². The van der Waals surface area contributed by atoms with Gasteiger partial charge in [-0.1, -0.05) is 71.6 Å². The first-order valence-corrected chi connectivity index (χ1v) is 11.2. The van der Waals surface area contributed by atoms with Gasteiger partial charge in [-0.05, 0) is 55.4 Å². The first-order valence-electron chi connectivity index (χ1n) is 11.2. The van der Waals surface area contributed by atoms with Gasteiger partial charge >= 0.3 is 0 Å². The normalized spacial score (nSPS) is 20.1. The van der Waals surface area contributed by atoms with Crippen LogP contribution in [0.1, 0.15) is 90.9 Å². The highest BCUT2D eigenvalue weighted by molar-refractivity contribution is 5.31. The SMILES string of the molecule is CCCCC[C@H]1CC[C@H](CCCOc2ccc(OCCCC)cc2)CC1. The fourth-order valence-corrected chi connectivity index (χ4v) is 4.02. The maximum absolute atomic E-state index is 5.91. The van der Waals surface area contributed by atoms with Crippen molar-refractivity contribution in [3.63, 3.8) is 0 Å². The Balaban J connectivity index is 1.52. The number of hydrogen-bond acceptors (Lipinski definition) is 2. The summed E-state index contributed by atoms with van der Waals surface area (Å²) in [5, 5.41) is 0. The molecule has 148 valence electrons. The maximum Gasteiger partial charge on any atom is 0.119 e. The van der Waals surface area contributed by atoms with Gasteiger partial charge in [0, 0.05) is 0 Å². The molecule has 26 heavy (non-hydrogen) atoms. The van der Waals surface area contributed by atoms with E-state index in [4.69, 9.17) is 9.47 Å². The minimum atomic E-state index is 0.803. The summed E-state index contributed by atoms with van der Waals surface area (Å²) in [5.74, 6) is 3.87. The van der Waals surface area contributed by atoms with Crippen molar-refractivity contribution < 1.29 is 9.47 Å². The minimum Gasteiger partial charge on any atom is -0.494 e. The van der Waals surface area contributed by atoms with Gasteiger partial charge in [0.25, 0.3) is 0 Å². The van der Waals surface area contributed by atoms with Crippen LogP contribution in [0, 0.1) is 11.8 Å². The van der Waals surface area contributed by atoms with Crippen molar-refractivity contribution in [2.75, 3.05) is 13.2 Å². The van der Waals surface area contributed by atoms with Crippen molar-refractivity contribution in [2.45, 2.75) is 90.9 Å². The molecule has 0 saturated heterocycles. The molecule has 0 spiro atoms. The molecule has 1 fully saturated rings. The molecule has 0 aromatic heterocycles. The zero-order chi connectivity index (χ0) is 18.5. The van der Waals surface area contributed by atoms with E-state index in [1.54, 1.807) is 0 Å². The summed E-state index contributed by atoms with van der Waals surface area (Å²) in [7, 11) is 0. The van der Waals surface area contributed by atoms with Gasteiger partial charge in [0.1, 0.15) is 11.5 Å². The van der Waals surface area contributed by atoms with Crippen LogP contribution in [0.5, 0.6) is 11.5 Å². The lowest BCUT2D eigenvalue weighted by atomic mass is 9.78. The molecule has 0 aliphatic heterocycles. The van der Waals surface area contributed by atoms with Crippen molar-refractivity contribution in [1.29, 1.82) is 0 Å². The van der Waals surface area contributed by atoms with Gasteiger partial charge in [-0.3, -0.25) is 0 Å². The average molecular weight is 361 g/mol. The van der Waals surface area contributed by atoms with E-state index >= 15 is 0 Å². The lowest BCUT2D eigenvalue weighted by Crippen LogP contribution is -2.15. The Hall–Kier alpha value is -1.18. The van der Waals surface area contributed by atoms with Gasteiger partial charge in [0.05, 0.1) is 13.2 Å². The molecule has 1 aliphatic carbocycles. The van der Waals surface area contributed by atoms with E-state index in [9.17, 15) is 0 Å². The average Bonchev–Trinajstić information content (AvgIpc) is 2.68. The molecule has 2 rings (SSSR count). The summed E-state index contributed by atoms with van der Waals surface area (Å²) in [6.45, 7) is 6.12. The summed E-state index contributed by atoms with van der Waals surface area (Å²) in [5.41, 5.74) is 0. The molecule has 0 unspecified atom stereocenters. The van der Waals surface area contributed by atoms with Gasteiger partial charge in [-0.15, -0.1) is 0 Å². The van der Waals surface area contributed by atoms with Crippen LogP contribution in [-0.4, -0.2) is 13.2 Å². The van der Waals surface area contributed by atoms with Crippen LogP contribution in [0.3, 0.4) is 0 Å². The standard InChI is InChI=1S/C24H40O2/c1-3-5-7-9-21-11-13-22(14-12-21)10-8-20-26-24-17-15-23(16-18-24)25-19-6-4-2/h15-18,21-22H,3-14,19-20H2,1-2H3/t21-,22-. The maximum atomic E-state index is 5.91. The van der Waals surface area contributed by atoms with E-state index in [2.05, 4.69) is 13.8 Å². The predicted octanol–water partition coefficient (Wildman–Crippen LogP) is 7.41. The van der Waals surface area contributed by atoms with E-state index in [-0.39, 0.29) is 0 Å². The second kappa shape index (κ2) is 13.1. The topological polar surface area (TPSA) is 18.5 Å². The van der Waals surface area contributed by atoms with Crippen LogP contribution in [0.4, 0.5) is 0 Å². The Morgan fingerprint density at radius 1 is 0.654 bits per heavy atom. The molecule has 0 bridgehead atoms. The molecule has 0 amide bonds. The molecule has 0 radical (unpaired) electrons. The van der Waals surface area contributed by atoms with E-state index in [0.717, 1.165) is 43.0 Å². The molecule has 0 atom stereocenters. The van der Waals surface area contributed by atoms with Crippen molar-refractivity contribution in [1.82, 2.24) is 0 Å². The molecular formula is C24H40O2. The molecule has 1 aliphatic rings. The van der Waals surface area contributed by atoms with Gasteiger partial charge < -0.3 is 9.47 Å². The first kappa shape index (κ1) is 21.1. The number of benzene rings is 1. The summed E-state index contributed by atoms with van der Waals surface area (Å²) < 4.78 is 11.6. The van der Waals surface area contributed by atoms with Crippen LogP contribution >= 0.6 is 0 Å². The Kier molecular flexibility index (Phi) is 10.6. The Bertz CT molecular complexity index is 446. The van der Waals surface area contributed by atoms with E-state index in [1.807, 2.05) is 24.3 Å². The lowest BCUT2D eigenvalue weighted by Gasteiger charge is -2.28. The van der Waals surface area contributed by atoms with Gasteiger partial charge in [0.2, 0.25) is 0 Å². The van der Waals surface area contributed by atoms with Crippen molar-refractivity contribution in [3.8, 4) is 11.5 Å². The number of ether oxygens (including phenoxy) is 2. The second-order valence-corrected chi connectivity index (χ2v) is 8.05. The van der Waals surface area contributed by atoms with Crippen molar-refractivity contribution in [2.24, 2.45) is 11.8 Å². The van der Waals surface area contributed by atoms with Crippen LogP contribution in [0.15, 0.2) is 24.3 Å². The third-order valence-electron chi connectivity index (χ3n) is 5.80. The van der Waals surface area contributed by atoms with E-state index in [0.29, 0.717) is 0 Å². The first-order chi connectivity index (χ1) is 12.8. The zero-order valence-corrected chi connectivity index (χ0v) is 17.2. The van der Waals surface area contributed by atoms with Crippen LogP contribution < -0.4 is 9.47 Å². The van der Waals surface area contributed by atoms with Gasteiger partial charge in [-0.25, -0.2) is 0 Å². The molecule has 1 saturated carbocycles. The summed E-state index contributed by atoms with van der Waals surface area (Å²) in [4.78, 5) is 0. The molecule has 0 N–H and O–H groups in total. The number of hydrogen-bond donors (Lipinski definition) is 0. The van der Waals surface area contributed by atoms with Crippen LogP contribution in [0.25, 0.3) is 0 Å². The molecular weight excluding hydrogens is 320 g/mol. The Morgan fingerprint density at radius 3 is 1.62 bits per heavy atom. The monoisotopic (exact) mass is 360 g/mol. The van der Waals surface area contributed by atoms with E-state index < -0.39 is 0 Å². The fourth-order valence-electron chi connectivity index (χ4n) is 4.02. The third-order valence-corrected chi connectivity index (χ3v) is 5.80. The highest BCUT2D eigenvalue weighted by atomic mass is 16.5. The van der Waals surface area contributed by atoms with Gasteiger partial charge in [-0.2, -0.15) is 0 Å². The molecule has 0 heterocycles. The highest BCUT2D eigenvalue weighted by Crippen LogP contribution is 2.34. The Morgan fingerprint density at radius 2 is 1.12 bits per heavy atom. The summed E-state index contributed by atoms with van der Waals surface area (Å²) in [6.07, 6.45) is 16.3. The predicted molar refractivity (Wildman–Crippen MR) is 111 cm³/mol. The molecule has 2 nitrogen and oxygen atoms in total. The summed E-state index contributed by atoms with van der Waals surface area (Å²) in [6, 6.07) is 8.10. The van der Waals surface area contributed by atoms with Crippen LogP contribution in [-0.2, 0) is 0 Å². The van der Waals surface area contributed by atoms with Crippen molar-refractivity contribution in [3.05, 3.63) is 24.3 Å². The number of rotatable bonds is 13. The largest absolute Gasteiger partial charge is 0.494 e. The lowest BCUT2D eigenvalue weighted by molar-refractivity contribution is 0.228. The minimum absolute atomic E-state index is 0.803. The van der Waals surface area contributed by atoms with Crippen molar-refractivity contribution >= 4 is 0 Å². The summed E-state index contributed by atoms with van der Waals surface area (Å²) >= 11 is 0. The van der Waals surface area contributed by atoms with E-state index in [1.165, 1.54) is 70.6 Å². The Labute approximate surface area is 161 Å². The third kappa shape index (κ3) is 8.47. The highest BCUT2D eigenvalue weighted by Gasteiger charge is 2.20. The molecule has 1 aromatic carbocycles. The molecule has 2 heteroatoms. The quantitative estimate of drug-likeness (QED) is 0.341. The fraction of sp³-hybridized carbons (Fsp3) is 0.750. The zero-order valence-electron chi connectivity index (χ0n) is 17.2. The second-order valence-electron chi connectivity index (χ2n) is 8.05. The molecule has 1 aromatic rings. The van der Waals surface area contributed by atoms with Crippen LogP contribution in [0.2, 0.25) is 0 Å².